The minimum atomic E-state index is -0.281. The Morgan fingerprint density at radius 2 is 1.90 bits per heavy atom. The lowest BCUT2D eigenvalue weighted by atomic mass is 10.1. The molecule has 1 aromatic carbocycles. The maximum Gasteiger partial charge on any atom is 0.322 e. The number of rotatable bonds is 8. The van der Waals surface area contributed by atoms with Gasteiger partial charge in [-0.25, -0.2) is 9.78 Å². The fourth-order valence-corrected chi connectivity index (χ4v) is 3.53. The summed E-state index contributed by atoms with van der Waals surface area (Å²) in [4.78, 5) is 31.0. The van der Waals surface area contributed by atoms with E-state index in [1.54, 1.807) is 28.5 Å². The smallest absolute Gasteiger partial charge is 0.322 e. The summed E-state index contributed by atoms with van der Waals surface area (Å²) < 4.78 is 0. The number of nitrogens with one attached hydrogen (secondary N) is 2. The van der Waals surface area contributed by atoms with Crippen LogP contribution in [0.4, 0.5) is 10.5 Å². The Balaban J connectivity index is 2.01. The van der Waals surface area contributed by atoms with Crippen molar-refractivity contribution in [3.8, 4) is 0 Å². The first-order valence-electron chi connectivity index (χ1n) is 9.42. The number of thiazole rings is 1. The monoisotopic (exact) mass is 456 g/mol. The summed E-state index contributed by atoms with van der Waals surface area (Å²) in [6, 6.07) is 4.57. The van der Waals surface area contributed by atoms with E-state index in [0.717, 1.165) is 6.42 Å². The largest absolute Gasteiger partial charge is 0.351 e. The molecule has 158 valence electrons. The Morgan fingerprint density at radius 1 is 1.17 bits per heavy atom. The molecule has 0 unspecified atom stereocenters. The SMILES string of the molecule is CC(C)CCNC(=O)c1csc(CN(C(=O)Nc2ccc(Cl)c(Cl)c2)C(C)C)n1. The van der Waals surface area contributed by atoms with Crippen LogP contribution >= 0.6 is 34.5 Å². The number of carbonyl (C=O) groups excluding carboxylic acids is 2. The third-order valence-corrected chi connectivity index (χ3v) is 5.72. The summed E-state index contributed by atoms with van der Waals surface area (Å²) in [6.45, 7) is 8.97. The molecule has 0 aliphatic heterocycles. The third kappa shape index (κ3) is 7.17. The van der Waals surface area contributed by atoms with Crippen LogP contribution in [-0.4, -0.2) is 34.4 Å². The van der Waals surface area contributed by atoms with E-state index in [1.807, 2.05) is 13.8 Å². The van der Waals surface area contributed by atoms with Crippen molar-refractivity contribution >= 4 is 52.2 Å². The van der Waals surface area contributed by atoms with Gasteiger partial charge in [0, 0.05) is 23.7 Å². The van der Waals surface area contributed by atoms with E-state index in [4.69, 9.17) is 23.2 Å². The first kappa shape index (κ1) is 23.4. The molecule has 29 heavy (non-hydrogen) atoms. The molecule has 6 nitrogen and oxygen atoms in total. The molecule has 3 amide bonds. The Hall–Kier alpha value is -1.83. The van der Waals surface area contributed by atoms with Gasteiger partial charge in [-0.15, -0.1) is 11.3 Å². The molecule has 2 aromatic rings. The average molecular weight is 457 g/mol. The number of amides is 3. The highest BCUT2D eigenvalue weighted by Crippen LogP contribution is 2.25. The zero-order chi connectivity index (χ0) is 21.6. The molecule has 0 spiro atoms. The predicted octanol–water partition coefficient (Wildman–Crippen LogP) is 5.67. The first-order valence-corrected chi connectivity index (χ1v) is 11.1. The van der Waals surface area contributed by atoms with E-state index >= 15 is 0 Å². The van der Waals surface area contributed by atoms with Gasteiger partial charge in [0.25, 0.3) is 5.91 Å². The summed E-state index contributed by atoms with van der Waals surface area (Å²) in [6.07, 6.45) is 0.915. The molecule has 2 rings (SSSR count). The second kappa shape index (κ2) is 10.8. The van der Waals surface area contributed by atoms with Gasteiger partial charge in [-0.05, 0) is 44.4 Å². The van der Waals surface area contributed by atoms with Crippen LogP contribution in [0.5, 0.6) is 0 Å². The molecular weight excluding hydrogens is 431 g/mol. The number of halogens is 2. The minimum absolute atomic E-state index is 0.0648. The molecule has 9 heteroatoms. The van der Waals surface area contributed by atoms with Crippen molar-refractivity contribution in [1.82, 2.24) is 15.2 Å². The molecule has 0 fully saturated rings. The maximum atomic E-state index is 12.7. The number of benzene rings is 1. The molecule has 0 bridgehead atoms. The normalized spacial score (nSPS) is 11.0. The van der Waals surface area contributed by atoms with Crippen molar-refractivity contribution < 1.29 is 9.59 Å². The van der Waals surface area contributed by atoms with Crippen molar-refractivity contribution in [2.45, 2.75) is 46.7 Å². The van der Waals surface area contributed by atoms with E-state index < -0.39 is 0 Å². The van der Waals surface area contributed by atoms with Crippen molar-refractivity contribution in [3.05, 3.63) is 44.3 Å². The molecule has 0 aliphatic carbocycles. The molecule has 0 atom stereocenters. The maximum absolute atomic E-state index is 12.7. The second-order valence-electron chi connectivity index (χ2n) is 7.35. The molecule has 2 N–H and O–H groups in total. The van der Waals surface area contributed by atoms with E-state index in [1.165, 1.54) is 11.3 Å². The summed E-state index contributed by atoms with van der Waals surface area (Å²) in [7, 11) is 0. The standard InChI is InChI=1S/C20H26Cl2N4O2S/c1-12(2)7-8-23-19(27)17-11-29-18(25-17)10-26(13(3)4)20(28)24-14-5-6-15(21)16(22)9-14/h5-6,9,11-13H,7-8,10H2,1-4H3,(H,23,27)(H,24,28). The molecule has 0 saturated carbocycles. The lowest BCUT2D eigenvalue weighted by molar-refractivity contribution is 0.0947. The molecule has 0 radical (unpaired) electrons. The molecule has 0 saturated heterocycles. The fraction of sp³-hybridized carbons (Fsp3) is 0.450. The van der Waals surface area contributed by atoms with Crippen LogP contribution in [0.25, 0.3) is 0 Å². The molecule has 1 heterocycles. The van der Waals surface area contributed by atoms with Gasteiger partial charge in [0.1, 0.15) is 10.7 Å². The van der Waals surface area contributed by atoms with Gasteiger partial charge in [-0.3, -0.25) is 4.79 Å². The Kier molecular flexibility index (Phi) is 8.74. The number of hydrogen-bond acceptors (Lipinski definition) is 4. The zero-order valence-corrected chi connectivity index (χ0v) is 19.3. The zero-order valence-electron chi connectivity index (χ0n) is 17.0. The topological polar surface area (TPSA) is 74.3 Å². The van der Waals surface area contributed by atoms with Crippen molar-refractivity contribution in [2.75, 3.05) is 11.9 Å². The fourth-order valence-electron chi connectivity index (χ4n) is 2.46. The summed E-state index contributed by atoms with van der Waals surface area (Å²) in [5.74, 6) is 0.333. The van der Waals surface area contributed by atoms with Crippen LogP contribution in [-0.2, 0) is 6.54 Å². The van der Waals surface area contributed by atoms with Crippen LogP contribution < -0.4 is 10.6 Å². The van der Waals surface area contributed by atoms with Gasteiger partial charge in [0.15, 0.2) is 0 Å². The van der Waals surface area contributed by atoms with Gasteiger partial charge >= 0.3 is 6.03 Å². The number of anilines is 1. The van der Waals surface area contributed by atoms with E-state index in [9.17, 15) is 9.59 Å². The Bertz CT molecular complexity index is 855. The van der Waals surface area contributed by atoms with E-state index in [0.29, 0.717) is 45.4 Å². The quantitative estimate of drug-likeness (QED) is 0.537. The first-order chi connectivity index (χ1) is 13.7. The highest BCUT2D eigenvalue weighted by Gasteiger charge is 2.20. The molecular formula is C20H26Cl2N4O2S. The minimum Gasteiger partial charge on any atom is -0.351 e. The molecule has 0 aliphatic rings. The van der Waals surface area contributed by atoms with Crippen LogP contribution in [0, 0.1) is 5.92 Å². The number of urea groups is 1. The van der Waals surface area contributed by atoms with Gasteiger partial charge in [-0.2, -0.15) is 0 Å². The Morgan fingerprint density at radius 3 is 2.52 bits per heavy atom. The number of hydrogen-bond donors (Lipinski definition) is 2. The van der Waals surface area contributed by atoms with Crippen molar-refractivity contribution in [3.63, 3.8) is 0 Å². The summed E-state index contributed by atoms with van der Waals surface area (Å²) in [5, 5.41) is 8.90. The number of carbonyl (C=O) groups is 2. The summed E-state index contributed by atoms with van der Waals surface area (Å²) >= 11 is 13.3. The van der Waals surface area contributed by atoms with E-state index in [2.05, 4.69) is 29.5 Å². The average Bonchev–Trinajstić information content (AvgIpc) is 3.11. The van der Waals surface area contributed by atoms with Gasteiger partial charge in [0.2, 0.25) is 0 Å². The number of nitrogens with zero attached hydrogens (tertiary/aromatic N) is 2. The van der Waals surface area contributed by atoms with Crippen LogP contribution in [0.1, 0.15) is 49.6 Å². The predicted molar refractivity (Wildman–Crippen MR) is 120 cm³/mol. The lowest BCUT2D eigenvalue weighted by Gasteiger charge is -2.26. The second-order valence-corrected chi connectivity index (χ2v) is 9.10. The van der Waals surface area contributed by atoms with Gasteiger partial charge < -0.3 is 15.5 Å². The molecule has 1 aromatic heterocycles. The van der Waals surface area contributed by atoms with Crippen LogP contribution in [0.15, 0.2) is 23.6 Å². The number of aromatic nitrogens is 1. The Labute approximate surface area is 185 Å². The van der Waals surface area contributed by atoms with Crippen molar-refractivity contribution in [2.24, 2.45) is 5.92 Å². The lowest BCUT2D eigenvalue weighted by Crippen LogP contribution is -2.39. The van der Waals surface area contributed by atoms with E-state index in [-0.39, 0.29) is 18.0 Å². The highest BCUT2D eigenvalue weighted by molar-refractivity contribution is 7.09. The van der Waals surface area contributed by atoms with Gasteiger partial charge in [0.05, 0.1) is 16.6 Å². The van der Waals surface area contributed by atoms with Crippen LogP contribution in [0.2, 0.25) is 10.0 Å². The van der Waals surface area contributed by atoms with Gasteiger partial charge in [-0.1, -0.05) is 37.0 Å². The summed E-state index contributed by atoms with van der Waals surface area (Å²) in [5.41, 5.74) is 0.932. The third-order valence-electron chi connectivity index (χ3n) is 4.15. The van der Waals surface area contributed by atoms with Crippen molar-refractivity contribution in [1.29, 1.82) is 0 Å². The van der Waals surface area contributed by atoms with Crippen LogP contribution in [0.3, 0.4) is 0 Å². The highest BCUT2D eigenvalue weighted by atomic mass is 35.5.